The monoisotopic (exact) mass is 302 g/mol. The number of hydrogen-bond donors (Lipinski definition) is 0. The third-order valence-electron chi connectivity index (χ3n) is 3.17. The van der Waals surface area contributed by atoms with Gasteiger partial charge in [0.2, 0.25) is 0 Å². The van der Waals surface area contributed by atoms with E-state index in [1.807, 2.05) is 0 Å². The lowest BCUT2D eigenvalue weighted by Crippen LogP contribution is -2.04. The van der Waals surface area contributed by atoms with E-state index in [4.69, 9.17) is 0 Å². The van der Waals surface area contributed by atoms with Gasteiger partial charge in [0.15, 0.2) is 0 Å². The Morgan fingerprint density at radius 3 is 2.22 bits per heavy atom. The molecule has 0 aliphatic rings. The molecule has 0 aromatic heterocycles. The summed E-state index contributed by atoms with van der Waals surface area (Å²) >= 11 is 3.79. The minimum atomic E-state index is 0.556. The van der Waals surface area contributed by atoms with Crippen LogP contribution in [0.4, 0.5) is 0 Å². The van der Waals surface area contributed by atoms with Crippen molar-refractivity contribution >= 4 is 15.9 Å². The standard InChI is InChI=1S/C17H19Br/c1-14-7-9-16(10-8-14)13-17(18)12-11-15-5-3-2-4-6-15/h2-10,17H,11-13H2,1H3. The average Bonchev–Trinajstić information content (AvgIpc) is 2.40. The Morgan fingerprint density at radius 2 is 1.56 bits per heavy atom. The van der Waals surface area contributed by atoms with E-state index in [1.54, 1.807) is 0 Å². The van der Waals surface area contributed by atoms with E-state index < -0.39 is 0 Å². The Labute approximate surface area is 118 Å². The van der Waals surface area contributed by atoms with Gasteiger partial charge in [-0.05, 0) is 37.3 Å². The van der Waals surface area contributed by atoms with Crippen LogP contribution in [0, 0.1) is 6.92 Å². The molecular weight excluding hydrogens is 284 g/mol. The summed E-state index contributed by atoms with van der Waals surface area (Å²) in [6.07, 6.45) is 3.42. The third-order valence-corrected chi connectivity index (χ3v) is 3.95. The minimum Gasteiger partial charge on any atom is -0.0887 e. The van der Waals surface area contributed by atoms with Gasteiger partial charge in [-0.3, -0.25) is 0 Å². The van der Waals surface area contributed by atoms with Crippen molar-refractivity contribution in [2.24, 2.45) is 0 Å². The maximum Gasteiger partial charge on any atom is 0.0189 e. The van der Waals surface area contributed by atoms with Gasteiger partial charge >= 0.3 is 0 Å². The van der Waals surface area contributed by atoms with Crippen molar-refractivity contribution in [2.75, 3.05) is 0 Å². The largest absolute Gasteiger partial charge is 0.0887 e. The van der Waals surface area contributed by atoms with Crippen LogP contribution >= 0.6 is 15.9 Å². The zero-order valence-corrected chi connectivity index (χ0v) is 12.4. The highest BCUT2D eigenvalue weighted by Crippen LogP contribution is 2.16. The van der Waals surface area contributed by atoms with E-state index in [1.165, 1.54) is 23.1 Å². The van der Waals surface area contributed by atoms with E-state index in [-0.39, 0.29) is 0 Å². The van der Waals surface area contributed by atoms with E-state index in [2.05, 4.69) is 77.5 Å². The lowest BCUT2D eigenvalue weighted by atomic mass is 10.0. The average molecular weight is 303 g/mol. The van der Waals surface area contributed by atoms with Gasteiger partial charge in [0.25, 0.3) is 0 Å². The topological polar surface area (TPSA) is 0 Å². The number of benzene rings is 2. The third kappa shape index (κ3) is 4.30. The normalized spacial score (nSPS) is 12.3. The van der Waals surface area contributed by atoms with E-state index in [9.17, 15) is 0 Å². The molecule has 2 rings (SSSR count). The molecule has 0 radical (unpaired) electrons. The first kappa shape index (κ1) is 13.4. The Bertz CT molecular complexity index is 459. The first-order valence-corrected chi connectivity index (χ1v) is 7.39. The van der Waals surface area contributed by atoms with Crippen molar-refractivity contribution in [1.82, 2.24) is 0 Å². The molecule has 0 spiro atoms. The molecule has 0 fully saturated rings. The maximum atomic E-state index is 3.79. The Morgan fingerprint density at radius 1 is 0.889 bits per heavy atom. The zero-order valence-electron chi connectivity index (χ0n) is 10.8. The van der Waals surface area contributed by atoms with Crippen molar-refractivity contribution in [3.05, 3.63) is 71.3 Å². The number of halogens is 1. The van der Waals surface area contributed by atoms with Gasteiger partial charge in [-0.15, -0.1) is 0 Å². The predicted molar refractivity (Wildman–Crippen MR) is 82.4 cm³/mol. The molecule has 0 aliphatic heterocycles. The quantitative estimate of drug-likeness (QED) is 0.687. The highest BCUT2D eigenvalue weighted by atomic mass is 79.9. The molecule has 0 amide bonds. The Balaban J connectivity index is 1.82. The van der Waals surface area contributed by atoms with Gasteiger partial charge < -0.3 is 0 Å². The highest BCUT2D eigenvalue weighted by Gasteiger charge is 2.05. The molecule has 1 atom stereocenters. The summed E-state index contributed by atoms with van der Waals surface area (Å²) in [5.74, 6) is 0. The summed E-state index contributed by atoms with van der Waals surface area (Å²) in [7, 11) is 0. The van der Waals surface area contributed by atoms with Gasteiger partial charge in [0.1, 0.15) is 0 Å². The van der Waals surface area contributed by atoms with Crippen LogP contribution in [0.25, 0.3) is 0 Å². The van der Waals surface area contributed by atoms with Crippen LogP contribution in [0.1, 0.15) is 23.1 Å². The zero-order chi connectivity index (χ0) is 12.8. The van der Waals surface area contributed by atoms with Crippen LogP contribution in [-0.4, -0.2) is 4.83 Å². The first-order valence-electron chi connectivity index (χ1n) is 6.47. The summed E-state index contributed by atoms with van der Waals surface area (Å²) in [5, 5.41) is 0. The molecule has 0 saturated carbocycles. The molecule has 2 aromatic carbocycles. The molecule has 0 N–H and O–H groups in total. The number of hydrogen-bond acceptors (Lipinski definition) is 0. The van der Waals surface area contributed by atoms with Crippen LogP contribution in [0.2, 0.25) is 0 Å². The summed E-state index contributed by atoms with van der Waals surface area (Å²) in [6.45, 7) is 2.13. The number of rotatable bonds is 5. The first-order chi connectivity index (χ1) is 8.74. The fourth-order valence-electron chi connectivity index (χ4n) is 2.05. The summed E-state index contributed by atoms with van der Waals surface area (Å²) in [5.41, 5.74) is 4.16. The van der Waals surface area contributed by atoms with Crippen molar-refractivity contribution < 1.29 is 0 Å². The summed E-state index contributed by atoms with van der Waals surface area (Å²) < 4.78 is 0. The summed E-state index contributed by atoms with van der Waals surface area (Å²) in [6, 6.07) is 19.5. The van der Waals surface area contributed by atoms with Crippen LogP contribution < -0.4 is 0 Å². The Hall–Kier alpha value is -1.08. The fraction of sp³-hybridized carbons (Fsp3) is 0.294. The minimum absolute atomic E-state index is 0.556. The number of aryl methyl sites for hydroxylation is 2. The molecule has 0 saturated heterocycles. The van der Waals surface area contributed by atoms with E-state index in [0.717, 1.165) is 12.8 Å². The van der Waals surface area contributed by atoms with Gasteiger partial charge in [-0.2, -0.15) is 0 Å². The van der Waals surface area contributed by atoms with Crippen molar-refractivity contribution in [3.63, 3.8) is 0 Å². The lowest BCUT2D eigenvalue weighted by Gasteiger charge is -2.10. The highest BCUT2D eigenvalue weighted by molar-refractivity contribution is 9.09. The van der Waals surface area contributed by atoms with Crippen LogP contribution in [0.5, 0.6) is 0 Å². The predicted octanol–water partition coefficient (Wildman–Crippen LogP) is 4.93. The fourth-order valence-corrected chi connectivity index (χ4v) is 2.65. The van der Waals surface area contributed by atoms with Gasteiger partial charge in [0, 0.05) is 4.83 Å². The molecule has 1 unspecified atom stereocenters. The second kappa shape index (κ2) is 6.75. The molecule has 18 heavy (non-hydrogen) atoms. The smallest absolute Gasteiger partial charge is 0.0189 e. The van der Waals surface area contributed by atoms with Crippen molar-refractivity contribution in [3.8, 4) is 0 Å². The molecule has 0 heterocycles. The summed E-state index contributed by atoms with van der Waals surface area (Å²) in [4.78, 5) is 0.556. The molecule has 94 valence electrons. The second-order valence-corrected chi connectivity index (χ2v) is 6.11. The molecule has 2 aromatic rings. The Kier molecular flexibility index (Phi) is 5.00. The SMILES string of the molecule is Cc1ccc(CC(Br)CCc2ccccc2)cc1. The lowest BCUT2D eigenvalue weighted by molar-refractivity contribution is 0.763. The van der Waals surface area contributed by atoms with Crippen LogP contribution in [-0.2, 0) is 12.8 Å². The van der Waals surface area contributed by atoms with Crippen molar-refractivity contribution in [1.29, 1.82) is 0 Å². The molecular formula is C17H19Br. The van der Waals surface area contributed by atoms with Gasteiger partial charge in [-0.25, -0.2) is 0 Å². The molecule has 1 heteroatoms. The molecule has 0 nitrogen and oxygen atoms in total. The molecule has 0 bridgehead atoms. The number of alkyl halides is 1. The van der Waals surface area contributed by atoms with Crippen LogP contribution in [0.15, 0.2) is 54.6 Å². The van der Waals surface area contributed by atoms with Gasteiger partial charge in [-0.1, -0.05) is 76.1 Å². The molecule has 0 aliphatic carbocycles. The van der Waals surface area contributed by atoms with Gasteiger partial charge in [0.05, 0.1) is 0 Å². The van der Waals surface area contributed by atoms with E-state index >= 15 is 0 Å². The van der Waals surface area contributed by atoms with E-state index in [0.29, 0.717) is 4.83 Å². The van der Waals surface area contributed by atoms with Crippen molar-refractivity contribution in [2.45, 2.75) is 31.0 Å². The van der Waals surface area contributed by atoms with Crippen LogP contribution in [0.3, 0.4) is 0 Å². The second-order valence-electron chi connectivity index (χ2n) is 4.81. The maximum absolute atomic E-state index is 3.79.